The number of hydrogen-bond acceptors (Lipinski definition) is 2. The Morgan fingerprint density at radius 1 is 0.600 bits per heavy atom. The van der Waals surface area contributed by atoms with Crippen molar-refractivity contribution in [2.24, 2.45) is 5.92 Å². The Kier molecular flexibility index (Phi) is 4.02. The Morgan fingerprint density at radius 3 is 1.90 bits per heavy atom. The number of benzene rings is 3. The Morgan fingerprint density at radius 2 is 1.20 bits per heavy atom. The van der Waals surface area contributed by atoms with Gasteiger partial charge in [0, 0.05) is 17.0 Å². The highest BCUT2D eigenvalue weighted by atomic mass is 16.1. The summed E-state index contributed by atoms with van der Waals surface area (Å²) in [6.45, 7) is 0. The van der Waals surface area contributed by atoms with Gasteiger partial charge in [-0.05, 0) is 71.9 Å². The van der Waals surface area contributed by atoms with E-state index < -0.39 is 0 Å². The van der Waals surface area contributed by atoms with Gasteiger partial charge in [0.25, 0.3) is 0 Å². The van der Waals surface area contributed by atoms with Crippen molar-refractivity contribution in [3.63, 3.8) is 0 Å². The molecule has 0 saturated heterocycles. The Labute approximate surface area is 177 Å². The number of hydrogen-bond donors (Lipinski definition) is 0. The molecule has 2 heteroatoms. The van der Waals surface area contributed by atoms with Crippen LogP contribution < -0.4 is 0 Å². The normalized spacial score (nSPS) is 22.0. The average molecular weight is 392 g/mol. The predicted molar refractivity (Wildman–Crippen MR) is 117 cm³/mol. The zero-order valence-corrected chi connectivity index (χ0v) is 17.0. The number of carbonyl (C=O) groups is 2. The highest BCUT2D eigenvalue weighted by molar-refractivity contribution is 6.18. The van der Waals surface area contributed by atoms with E-state index in [1.807, 2.05) is 24.3 Å². The summed E-state index contributed by atoms with van der Waals surface area (Å²) in [5.74, 6) is -0.215. The SMILES string of the molecule is O=C1c2ccccc2C(=O)[C@@H]2c3c4ccc(c3CC[C@H]12)CCc1ccc(cc1)CC4. The van der Waals surface area contributed by atoms with Crippen molar-refractivity contribution in [1.29, 1.82) is 0 Å². The highest BCUT2D eigenvalue weighted by Gasteiger charge is 2.45. The van der Waals surface area contributed by atoms with E-state index in [9.17, 15) is 9.59 Å². The number of Topliss-reactive ketones (excluding diaryl/α,β-unsaturated/α-hetero) is 2. The van der Waals surface area contributed by atoms with Gasteiger partial charge in [-0.2, -0.15) is 0 Å². The van der Waals surface area contributed by atoms with Crippen molar-refractivity contribution in [1.82, 2.24) is 0 Å². The fourth-order valence-electron chi connectivity index (χ4n) is 5.87. The molecule has 0 fully saturated rings. The Bertz CT molecular complexity index is 1190. The number of ketones is 2. The molecule has 0 amide bonds. The first kappa shape index (κ1) is 17.8. The molecule has 4 bridgehead atoms. The van der Waals surface area contributed by atoms with Crippen LogP contribution in [0.4, 0.5) is 0 Å². The molecular formula is C28H24O2. The van der Waals surface area contributed by atoms with E-state index in [1.165, 1.54) is 33.4 Å². The van der Waals surface area contributed by atoms with Crippen LogP contribution in [0.15, 0.2) is 60.7 Å². The predicted octanol–water partition coefficient (Wildman–Crippen LogP) is 5.30. The molecule has 0 aliphatic heterocycles. The van der Waals surface area contributed by atoms with Crippen molar-refractivity contribution >= 4 is 11.6 Å². The number of carbonyl (C=O) groups excluding carboxylic acids is 2. The first-order chi connectivity index (χ1) is 14.7. The monoisotopic (exact) mass is 392 g/mol. The van der Waals surface area contributed by atoms with Crippen LogP contribution >= 0.6 is 0 Å². The summed E-state index contributed by atoms with van der Waals surface area (Å²) < 4.78 is 0. The average Bonchev–Trinajstić information content (AvgIpc) is 2.78. The molecule has 0 spiro atoms. The molecule has 2 atom stereocenters. The molecule has 0 aromatic heterocycles. The van der Waals surface area contributed by atoms with Gasteiger partial charge in [0.05, 0.1) is 5.92 Å². The minimum Gasteiger partial charge on any atom is -0.294 e. The van der Waals surface area contributed by atoms with Gasteiger partial charge in [-0.15, -0.1) is 0 Å². The fourth-order valence-corrected chi connectivity index (χ4v) is 5.87. The van der Waals surface area contributed by atoms with Crippen molar-refractivity contribution in [3.05, 3.63) is 105 Å². The van der Waals surface area contributed by atoms with Crippen LogP contribution in [-0.2, 0) is 32.1 Å². The zero-order chi connectivity index (χ0) is 20.2. The molecule has 6 aliphatic rings. The van der Waals surface area contributed by atoms with E-state index in [0.29, 0.717) is 11.1 Å². The molecule has 3 aromatic carbocycles. The van der Waals surface area contributed by atoms with Gasteiger partial charge in [-0.3, -0.25) is 9.59 Å². The molecule has 0 unspecified atom stereocenters. The second-order valence-electron chi connectivity index (χ2n) is 8.99. The molecule has 148 valence electrons. The van der Waals surface area contributed by atoms with E-state index in [-0.39, 0.29) is 23.4 Å². The van der Waals surface area contributed by atoms with Gasteiger partial charge in [-0.1, -0.05) is 60.7 Å². The lowest BCUT2D eigenvalue weighted by atomic mass is 9.63. The summed E-state index contributed by atoms with van der Waals surface area (Å²) in [5.41, 5.74) is 9.09. The van der Waals surface area contributed by atoms with Crippen LogP contribution in [0, 0.1) is 5.92 Å². The summed E-state index contributed by atoms with van der Waals surface area (Å²) in [7, 11) is 0. The second-order valence-corrected chi connectivity index (χ2v) is 8.99. The zero-order valence-electron chi connectivity index (χ0n) is 17.0. The number of fused-ring (bicyclic) bond motifs is 2. The van der Waals surface area contributed by atoms with Crippen LogP contribution in [0.5, 0.6) is 0 Å². The summed E-state index contributed by atoms with van der Waals surface area (Å²) in [5, 5.41) is 0. The molecular weight excluding hydrogens is 368 g/mol. The molecule has 0 N–H and O–H groups in total. The van der Waals surface area contributed by atoms with Crippen molar-refractivity contribution in [2.45, 2.75) is 44.4 Å². The maximum absolute atomic E-state index is 13.7. The summed E-state index contributed by atoms with van der Waals surface area (Å²) in [6, 6.07) is 20.9. The lowest BCUT2D eigenvalue weighted by Crippen LogP contribution is -2.39. The third-order valence-electron chi connectivity index (χ3n) is 7.43. The molecule has 2 nitrogen and oxygen atoms in total. The van der Waals surface area contributed by atoms with E-state index in [4.69, 9.17) is 0 Å². The minimum atomic E-state index is -0.310. The molecule has 30 heavy (non-hydrogen) atoms. The van der Waals surface area contributed by atoms with Gasteiger partial charge in [0.15, 0.2) is 11.6 Å². The Balaban J connectivity index is 1.52. The molecule has 9 rings (SSSR count). The topological polar surface area (TPSA) is 34.1 Å². The van der Waals surface area contributed by atoms with E-state index in [1.54, 1.807) is 0 Å². The van der Waals surface area contributed by atoms with Gasteiger partial charge < -0.3 is 0 Å². The lowest BCUT2D eigenvalue weighted by Gasteiger charge is -2.38. The van der Waals surface area contributed by atoms with Crippen LogP contribution in [0.1, 0.15) is 66.4 Å². The third-order valence-corrected chi connectivity index (χ3v) is 7.43. The molecule has 0 saturated carbocycles. The molecule has 3 aromatic rings. The van der Waals surface area contributed by atoms with Crippen LogP contribution in [0.25, 0.3) is 0 Å². The molecule has 0 radical (unpaired) electrons. The van der Waals surface area contributed by atoms with Crippen LogP contribution in [0.3, 0.4) is 0 Å². The van der Waals surface area contributed by atoms with E-state index in [2.05, 4.69) is 36.4 Å². The van der Waals surface area contributed by atoms with Gasteiger partial charge in [-0.25, -0.2) is 0 Å². The van der Waals surface area contributed by atoms with Crippen molar-refractivity contribution in [3.8, 4) is 0 Å². The third kappa shape index (κ3) is 2.63. The number of rotatable bonds is 0. The summed E-state index contributed by atoms with van der Waals surface area (Å²) in [4.78, 5) is 27.0. The van der Waals surface area contributed by atoms with Crippen LogP contribution in [-0.4, -0.2) is 11.6 Å². The maximum Gasteiger partial charge on any atom is 0.171 e. The fraction of sp³-hybridized carbons (Fsp3) is 0.286. The largest absolute Gasteiger partial charge is 0.294 e. The second kappa shape index (κ2) is 6.77. The quantitative estimate of drug-likeness (QED) is 0.521. The molecule has 6 aliphatic carbocycles. The van der Waals surface area contributed by atoms with E-state index >= 15 is 0 Å². The summed E-state index contributed by atoms with van der Waals surface area (Å²) >= 11 is 0. The number of aryl methyl sites for hydroxylation is 4. The van der Waals surface area contributed by atoms with Crippen LogP contribution in [0.2, 0.25) is 0 Å². The van der Waals surface area contributed by atoms with Gasteiger partial charge in [0.2, 0.25) is 0 Å². The minimum absolute atomic E-state index is 0.144. The summed E-state index contributed by atoms with van der Waals surface area (Å²) in [6.07, 6.45) is 5.55. The van der Waals surface area contributed by atoms with Crippen molar-refractivity contribution < 1.29 is 9.59 Å². The first-order valence-electron chi connectivity index (χ1n) is 11.1. The van der Waals surface area contributed by atoms with Gasteiger partial charge in [0.1, 0.15) is 0 Å². The smallest absolute Gasteiger partial charge is 0.171 e. The molecule has 0 heterocycles. The first-order valence-corrected chi connectivity index (χ1v) is 11.1. The maximum atomic E-state index is 13.7. The van der Waals surface area contributed by atoms with Gasteiger partial charge >= 0.3 is 0 Å². The van der Waals surface area contributed by atoms with E-state index in [0.717, 1.165) is 38.5 Å². The lowest BCUT2D eigenvalue weighted by molar-refractivity contribution is 0.0773. The Hall–Kier alpha value is -3.00. The highest BCUT2D eigenvalue weighted by Crippen LogP contribution is 2.46. The standard InChI is InChI=1S/C28H24O2/c29-27-22-3-1-2-4-23(22)28(30)26-24(27)16-15-21-19-11-9-17-5-7-18(8-6-17)10-12-20(14-13-19)25(21)26/h1-8,13-14,24,26H,9-12,15-16H2/t24-,26-/m0/s1. The van der Waals surface area contributed by atoms with Crippen molar-refractivity contribution in [2.75, 3.05) is 0 Å².